The van der Waals surface area contributed by atoms with Gasteiger partial charge in [-0.25, -0.2) is 0 Å². The highest BCUT2D eigenvalue weighted by Gasteiger charge is 2.42. The van der Waals surface area contributed by atoms with E-state index < -0.39 is 5.54 Å². The molecule has 136 valence electrons. The molecule has 0 bridgehead atoms. The summed E-state index contributed by atoms with van der Waals surface area (Å²) in [7, 11) is 0. The molecule has 1 saturated heterocycles. The van der Waals surface area contributed by atoms with E-state index in [1.165, 1.54) is 11.1 Å². The number of carbonyl (C=O) groups is 1. The Labute approximate surface area is 156 Å². The van der Waals surface area contributed by atoms with Gasteiger partial charge in [0.2, 0.25) is 0 Å². The fourth-order valence-electron chi connectivity index (χ4n) is 4.67. The predicted octanol–water partition coefficient (Wildman–Crippen LogP) is 4.08. The highest BCUT2D eigenvalue weighted by molar-refractivity contribution is 5.91. The molecule has 1 fully saturated rings. The number of ketones is 1. The first-order valence-electron chi connectivity index (χ1n) is 9.87. The van der Waals surface area contributed by atoms with E-state index in [2.05, 4.69) is 46.6 Å². The molecule has 0 amide bonds. The second-order valence-electron chi connectivity index (χ2n) is 7.72. The maximum atomic E-state index is 12.8. The normalized spacial score (nSPS) is 19.9. The Morgan fingerprint density at radius 2 is 1.58 bits per heavy atom. The molecule has 0 radical (unpaired) electrons. The van der Waals surface area contributed by atoms with Crippen LogP contribution in [0.15, 0.2) is 54.6 Å². The van der Waals surface area contributed by atoms with Crippen LogP contribution in [-0.2, 0) is 17.6 Å². The van der Waals surface area contributed by atoms with Crippen molar-refractivity contribution in [3.8, 4) is 0 Å². The standard InChI is InChI=1S/C23H28N2O/c1-2-22(26)23(24-20-10-4-3-5-11-20)12-14-25(15-13-23)21-16-18-8-6-7-9-19(18)17-21/h3-11,21,24H,2,12-17H2,1H3. The number of benzene rings is 2. The second kappa shape index (κ2) is 7.24. The zero-order valence-corrected chi connectivity index (χ0v) is 15.6. The number of Topliss-reactive ketones (excluding diaryl/α,β-unsaturated/α-hetero) is 1. The molecule has 2 aromatic rings. The first-order chi connectivity index (χ1) is 12.7. The van der Waals surface area contributed by atoms with E-state index in [0.717, 1.165) is 44.5 Å². The van der Waals surface area contributed by atoms with Gasteiger partial charge in [-0.1, -0.05) is 49.4 Å². The van der Waals surface area contributed by atoms with Gasteiger partial charge in [0.15, 0.2) is 5.78 Å². The first-order valence-corrected chi connectivity index (χ1v) is 9.87. The van der Waals surface area contributed by atoms with Crippen molar-refractivity contribution in [3.63, 3.8) is 0 Å². The van der Waals surface area contributed by atoms with Gasteiger partial charge < -0.3 is 5.32 Å². The zero-order valence-electron chi connectivity index (χ0n) is 15.6. The summed E-state index contributed by atoms with van der Waals surface area (Å²) in [6, 6.07) is 19.6. The zero-order chi connectivity index (χ0) is 18.0. The quantitative estimate of drug-likeness (QED) is 0.884. The van der Waals surface area contributed by atoms with E-state index in [9.17, 15) is 4.79 Å². The number of hydrogen-bond donors (Lipinski definition) is 1. The third kappa shape index (κ3) is 3.28. The van der Waals surface area contributed by atoms with Crippen LogP contribution in [0.5, 0.6) is 0 Å². The average molecular weight is 348 g/mol. The molecule has 3 nitrogen and oxygen atoms in total. The molecule has 0 unspecified atom stereocenters. The summed E-state index contributed by atoms with van der Waals surface area (Å²) in [5, 5.41) is 3.60. The molecule has 4 rings (SSSR count). The van der Waals surface area contributed by atoms with Crippen molar-refractivity contribution in [2.45, 2.75) is 50.6 Å². The summed E-state index contributed by atoms with van der Waals surface area (Å²) < 4.78 is 0. The van der Waals surface area contributed by atoms with Gasteiger partial charge in [0.05, 0.1) is 5.54 Å². The Morgan fingerprint density at radius 3 is 2.15 bits per heavy atom. The van der Waals surface area contributed by atoms with Crippen LogP contribution in [0.4, 0.5) is 5.69 Å². The maximum absolute atomic E-state index is 12.8. The number of likely N-dealkylation sites (tertiary alicyclic amines) is 1. The van der Waals surface area contributed by atoms with Gasteiger partial charge in [-0.3, -0.25) is 9.69 Å². The number of piperidine rings is 1. The lowest BCUT2D eigenvalue weighted by Gasteiger charge is -2.43. The molecule has 0 saturated carbocycles. The first kappa shape index (κ1) is 17.3. The molecule has 26 heavy (non-hydrogen) atoms. The minimum atomic E-state index is -0.405. The summed E-state index contributed by atoms with van der Waals surface area (Å²) in [6.07, 6.45) is 4.67. The van der Waals surface area contributed by atoms with Gasteiger partial charge in [-0.2, -0.15) is 0 Å². The van der Waals surface area contributed by atoms with Crippen LogP contribution in [0.25, 0.3) is 0 Å². The smallest absolute Gasteiger partial charge is 0.157 e. The van der Waals surface area contributed by atoms with Crippen LogP contribution in [0, 0.1) is 0 Å². The molecular weight excluding hydrogens is 320 g/mol. The monoisotopic (exact) mass is 348 g/mol. The average Bonchev–Trinajstić information content (AvgIpc) is 3.13. The largest absolute Gasteiger partial charge is 0.373 e. The van der Waals surface area contributed by atoms with Crippen LogP contribution < -0.4 is 5.32 Å². The summed E-state index contributed by atoms with van der Waals surface area (Å²) in [4.78, 5) is 15.4. The molecule has 2 aromatic carbocycles. The van der Waals surface area contributed by atoms with E-state index in [4.69, 9.17) is 0 Å². The van der Waals surface area contributed by atoms with Crippen molar-refractivity contribution >= 4 is 11.5 Å². The van der Waals surface area contributed by atoms with Crippen molar-refractivity contribution in [1.29, 1.82) is 0 Å². The van der Waals surface area contributed by atoms with Gasteiger partial charge in [0, 0.05) is 31.2 Å². The van der Waals surface area contributed by atoms with Crippen LogP contribution in [-0.4, -0.2) is 35.4 Å². The minimum Gasteiger partial charge on any atom is -0.373 e. The predicted molar refractivity (Wildman–Crippen MR) is 107 cm³/mol. The van der Waals surface area contributed by atoms with Gasteiger partial charge >= 0.3 is 0 Å². The Morgan fingerprint density at radius 1 is 1.00 bits per heavy atom. The van der Waals surface area contributed by atoms with Crippen molar-refractivity contribution in [3.05, 3.63) is 65.7 Å². The molecule has 1 N–H and O–H groups in total. The number of nitrogens with zero attached hydrogens (tertiary/aromatic N) is 1. The molecule has 3 heteroatoms. The number of fused-ring (bicyclic) bond motifs is 1. The summed E-state index contributed by atoms with van der Waals surface area (Å²) in [5.74, 6) is 0.343. The molecule has 0 spiro atoms. The Balaban J connectivity index is 1.45. The van der Waals surface area contributed by atoms with E-state index in [1.807, 2.05) is 25.1 Å². The Kier molecular flexibility index (Phi) is 4.82. The SMILES string of the molecule is CCC(=O)C1(Nc2ccccc2)CCN(C2Cc3ccccc3C2)CC1. The lowest BCUT2D eigenvalue weighted by atomic mass is 9.81. The van der Waals surface area contributed by atoms with Crippen LogP contribution in [0.1, 0.15) is 37.3 Å². The van der Waals surface area contributed by atoms with E-state index in [0.29, 0.717) is 18.2 Å². The number of nitrogens with one attached hydrogen (secondary N) is 1. The van der Waals surface area contributed by atoms with Crippen LogP contribution in [0.2, 0.25) is 0 Å². The topological polar surface area (TPSA) is 32.3 Å². The molecule has 2 aliphatic rings. The number of carbonyl (C=O) groups excluding carboxylic acids is 1. The van der Waals surface area contributed by atoms with Crippen molar-refractivity contribution in [2.24, 2.45) is 0 Å². The van der Waals surface area contributed by atoms with Gasteiger partial charge in [-0.05, 0) is 48.9 Å². The number of anilines is 1. The number of rotatable bonds is 5. The molecule has 0 atom stereocenters. The fourth-order valence-corrected chi connectivity index (χ4v) is 4.67. The highest BCUT2D eigenvalue weighted by Crippen LogP contribution is 2.33. The van der Waals surface area contributed by atoms with Crippen LogP contribution >= 0.6 is 0 Å². The van der Waals surface area contributed by atoms with Crippen molar-refractivity contribution in [1.82, 2.24) is 4.90 Å². The Hall–Kier alpha value is -2.13. The Bertz CT molecular complexity index is 738. The highest BCUT2D eigenvalue weighted by atomic mass is 16.1. The van der Waals surface area contributed by atoms with E-state index in [1.54, 1.807) is 0 Å². The molecular formula is C23H28N2O. The molecule has 1 heterocycles. The molecule has 1 aliphatic carbocycles. The van der Waals surface area contributed by atoms with Gasteiger partial charge in [-0.15, -0.1) is 0 Å². The molecule has 0 aromatic heterocycles. The third-order valence-corrected chi connectivity index (χ3v) is 6.21. The van der Waals surface area contributed by atoms with E-state index in [-0.39, 0.29) is 0 Å². The summed E-state index contributed by atoms with van der Waals surface area (Å²) in [6.45, 7) is 3.96. The van der Waals surface area contributed by atoms with Crippen LogP contribution in [0.3, 0.4) is 0 Å². The minimum absolute atomic E-state index is 0.343. The number of para-hydroxylation sites is 1. The van der Waals surface area contributed by atoms with E-state index >= 15 is 0 Å². The third-order valence-electron chi connectivity index (χ3n) is 6.21. The fraction of sp³-hybridized carbons (Fsp3) is 0.435. The molecule has 1 aliphatic heterocycles. The van der Waals surface area contributed by atoms with Gasteiger partial charge in [0.1, 0.15) is 0 Å². The second-order valence-corrected chi connectivity index (χ2v) is 7.72. The van der Waals surface area contributed by atoms with Gasteiger partial charge in [0.25, 0.3) is 0 Å². The summed E-state index contributed by atoms with van der Waals surface area (Å²) in [5.41, 5.74) is 3.65. The lowest BCUT2D eigenvalue weighted by Crippen LogP contribution is -2.56. The summed E-state index contributed by atoms with van der Waals surface area (Å²) >= 11 is 0. The maximum Gasteiger partial charge on any atom is 0.157 e. The lowest BCUT2D eigenvalue weighted by molar-refractivity contribution is -0.124. The van der Waals surface area contributed by atoms with Crippen molar-refractivity contribution < 1.29 is 4.79 Å². The van der Waals surface area contributed by atoms with Crippen molar-refractivity contribution in [2.75, 3.05) is 18.4 Å². The number of hydrogen-bond acceptors (Lipinski definition) is 3.